The van der Waals surface area contributed by atoms with Crippen molar-refractivity contribution in [3.8, 4) is 0 Å². The van der Waals surface area contributed by atoms with Crippen LogP contribution in [0.25, 0.3) is 0 Å². The summed E-state index contributed by atoms with van der Waals surface area (Å²) in [6, 6.07) is 6.27. The molecule has 2 atom stereocenters. The molecule has 1 aromatic rings. The van der Waals surface area contributed by atoms with Gasteiger partial charge < -0.3 is 4.74 Å². The van der Waals surface area contributed by atoms with E-state index in [0.29, 0.717) is 5.56 Å². The maximum Gasteiger partial charge on any atom is 0.331 e. The molecule has 130 valence electrons. The first kappa shape index (κ1) is 18.0. The Kier molecular flexibility index (Phi) is 5.95. The first-order valence-corrected chi connectivity index (χ1v) is 8.34. The van der Waals surface area contributed by atoms with Gasteiger partial charge in [-0.2, -0.15) is 0 Å². The van der Waals surface area contributed by atoms with Crippen LogP contribution in [0.4, 0.5) is 0 Å². The van der Waals surface area contributed by atoms with Gasteiger partial charge in [-0.25, -0.2) is 9.80 Å². The van der Waals surface area contributed by atoms with E-state index < -0.39 is 17.9 Å². The molecule has 1 fully saturated rings. The Labute approximate surface area is 142 Å². The molecule has 1 N–H and O–H groups in total. The zero-order valence-electron chi connectivity index (χ0n) is 14.4. The van der Waals surface area contributed by atoms with Gasteiger partial charge in [0.1, 0.15) is 0 Å². The van der Waals surface area contributed by atoms with E-state index in [-0.39, 0.29) is 24.9 Å². The highest BCUT2D eigenvalue weighted by Crippen LogP contribution is 2.29. The third-order valence-corrected chi connectivity index (χ3v) is 4.15. The summed E-state index contributed by atoms with van der Waals surface area (Å²) in [5, 5.41) is 1.15. The fourth-order valence-electron chi connectivity index (χ4n) is 2.97. The molecule has 6 heteroatoms. The van der Waals surface area contributed by atoms with E-state index in [4.69, 9.17) is 4.74 Å². The van der Waals surface area contributed by atoms with Gasteiger partial charge in [0.25, 0.3) is 5.91 Å². The Morgan fingerprint density at radius 3 is 2.50 bits per heavy atom. The highest BCUT2D eigenvalue weighted by molar-refractivity contribution is 5.97. The van der Waals surface area contributed by atoms with Crippen LogP contribution in [0, 0.1) is 12.8 Å². The van der Waals surface area contributed by atoms with E-state index in [0.717, 1.165) is 23.4 Å². The number of nitrogens with one attached hydrogen (secondary N) is 1. The summed E-state index contributed by atoms with van der Waals surface area (Å²) >= 11 is 0. The first-order valence-electron chi connectivity index (χ1n) is 8.34. The molecule has 2 amide bonds. The van der Waals surface area contributed by atoms with Crippen molar-refractivity contribution in [3.05, 3.63) is 35.4 Å². The maximum absolute atomic E-state index is 12.4. The van der Waals surface area contributed by atoms with Crippen LogP contribution < -0.4 is 5.43 Å². The summed E-state index contributed by atoms with van der Waals surface area (Å²) in [7, 11) is 0. The number of carbonyl (C=O) groups excluding carboxylic acids is 3. The molecule has 0 saturated carbocycles. The number of hydrazine groups is 1. The van der Waals surface area contributed by atoms with Crippen molar-refractivity contribution in [1.82, 2.24) is 10.4 Å². The molecule has 0 unspecified atom stereocenters. The summed E-state index contributed by atoms with van der Waals surface area (Å²) in [6.45, 7) is 5.89. The average molecular weight is 332 g/mol. The second-order valence-corrected chi connectivity index (χ2v) is 6.02. The molecular formula is C18H24N2O4. The van der Waals surface area contributed by atoms with Gasteiger partial charge >= 0.3 is 5.97 Å². The molecule has 6 nitrogen and oxygen atoms in total. The third kappa shape index (κ3) is 3.93. The molecule has 1 aliphatic heterocycles. The molecule has 24 heavy (non-hydrogen) atoms. The molecule has 0 bridgehead atoms. The van der Waals surface area contributed by atoms with Crippen LogP contribution >= 0.6 is 0 Å². The second kappa shape index (κ2) is 7.95. The van der Waals surface area contributed by atoms with Crippen molar-refractivity contribution in [3.63, 3.8) is 0 Å². The van der Waals surface area contributed by atoms with Crippen LogP contribution in [-0.4, -0.2) is 35.4 Å². The Bertz CT molecular complexity index is 612. The molecule has 0 spiro atoms. The van der Waals surface area contributed by atoms with E-state index in [1.54, 1.807) is 19.1 Å². The predicted octanol–water partition coefficient (Wildman–Crippen LogP) is 2.22. The monoisotopic (exact) mass is 332 g/mol. The number of rotatable bonds is 6. The topological polar surface area (TPSA) is 75.7 Å². The SMILES string of the molecule is CCC[C@@H]1CC(=O)N(NC(=O)c2ccc(C)cc2)[C@@H]1C(=O)OCC. The molecule has 0 aromatic heterocycles. The number of amides is 2. The smallest absolute Gasteiger partial charge is 0.331 e. The minimum atomic E-state index is -0.758. The summed E-state index contributed by atoms with van der Waals surface area (Å²) in [6.07, 6.45) is 1.82. The van der Waals surface area contributed by atoms with Gasteiger partial charge in [-0.1, -0.05) is 31.0 Å². The Morgan fingerprint density at radius 1 is 1.25 bits per heavy atom. The fourth-order valence-corrected chi connectivity index (χ4v) is 2.97. The number of ether oxygens (including phenoxy) is 1. The standard InChI is InChI=1S/C18H24N2O4/c1-4-6-14-11-15(21)20(16(14)18(23)24-5-2)19-17(22)13-9-7-12(3)8-10-13/h7-10,14,16H,4-6,11H2,1-3H3,(H,19,22)/t14-,16+/m1/s1. The lowest BCUT2D eigenvalue weighted by molar-refractivity contribution is -0.154. The Hall–Kier alpha value is -2.37. The predicted molar refractivity (Wildman–Crippen MR) is 88.9 cm³/mol. The molecule has 0 aliphatic carbocycles. The molecule has 2 rings (SSSR count). The Morgan fingerprint density at radius 2 is 1.92 bits per heavy atom. The fraction of sp³-hybridized carbons (Fsp3) is 0.500. The highest BCUT2D eigenvalue weighted by atomic mass is 16.5. The van der Waals surface area contributed by atoms with Crippen LogP contribution in [0.2, 0.25) is 0 Å². The maximum atomic E-state index is 12.4. The van der Waals surface area contributed by atoms with Crippen LogP contribution in [-0.2, 0) is 14.3 Å². The summed E-state index contributed by atoms with van der Waals surface area (Å²) in [4.78, 5) is 37.0. The lowest BCUT2D eigenvalue weighted by Crippen LogP contribution is -2.52. The van der Waals surface area contributed by atoms with Crippen LogP contribution in [0.3, 0.4) is 0 Å². The van der Waals surface area contributed by atoms with Gasteiger partial charge in [-0.3, -0.25) is 15.0 Å². The van der Waals surface area contributed by atoms with Gasteiger partial charge in [0.2, 0.25) is 5.91 Å². The number of hydrogen-bond donors (Lipinski definition) is 1. The molecule has 0 radical (unpaired) electrons. The number of nitrogens with zero attached hydrogens (tertiary/aromatic N) is 1. The number of hydrogen-bond acceptors (Lipinski definition) is 4. The largest absolute Gasteiger partial charge is 0.464 e. The minimum Gasteiger partial charge on any atom is -0.464 e. The van der Waals surface area contributed by atoms with E-state index >= 15 is 0 Å². The van der Waals surface area contributed by atoms with Gasteiger partial charge in [-0.05, 0) is 32.4 Å². The van der Waals surface area contributed by atoms with E-state index in [2.05, 4.69) is 5.43 Å². The number of aryl methyl sites for hydroxylation is 1. The lowest BCUT2D eigenvalue weighted by Gasteiger charge is -2.26. The lowest BCUT2D eigenvalue weighted by atomic mass is 9.95. The quantitative estimate of drug-likeness (QED) is 0.811. The summed E-state index contributed by atoms with van der Waals surface area (Å²) < 4.78 is 5.10. The van der Waals surface area contributed by atoms with Crippen molar-refractivity contribution in [1.29, 1.82) is 0 Å². The van der Waals surface area contributed by atoms with Crippen molar-refractivity contribution >= 4 is 17.8 Å². The zero-order chi connectivity index (χ0) is 17.7. The van der Waals surface area contributed by atoms with E-state index in [1.807, 2.05) is 26.0 Å². The van der Waals surface area contributed by atoms with E-state index in [9.17, 15) is 14.4 Å². The van der Waals surface area contributed by atoms with Gasteiger partial charge in [0.15, 0.2) is 6.04 Å². The van der Waals surface area contributed by atoms with Crippen molar-refractivity contribution in [2.75, 3.05) is 6.61 Å². The van der Waals surface area contributed by atoms with Gasteiger partial charge in [0.05, 0.1) is 6.61 Å². The zero-order valence-corrected chi connectivity index (χ0v) is 14.4. The second-order valence-electron chi connectivity index (χ2n) is 6.02. The summed E-state index contributed by atoms with van der Waals surface area (Å²) in [5.74, 6) is -1.27. The van der Waals surface area contributed by atoms with Gasteiger partial charge in [0, 0.05) is 17.9 Å². The van der Waals surface area contributed by atoms with Gasteiger partial charge in [-0.15, -0.1) is 0 Å². The number of carbonyl (C=O) groups is 3. The Balaban J connectivity index is 2.18. The molecular weight excluding hydrogens is 308 g/mol. The molecule has 1 aromatic carbocycles. The summed E-state index contributed by atoms with van der Waals surface area (Å²) in [5.41, 5.74) is 4.06. The van der Waals surface area contributed by atoms with Crippen molar-refractivity contribution in [2.45, 2.75) is 46.1 Å². The highest BCUT2D eigenvalue weighted by Gasteiger charge is 2.45. The van der Waals surface area contributed by atoms with Crippen LogP contribution in [0.5, 0.6) is 0 Å². The molecule has 1 heterocycles. The average Bonchev–Trinajstić information content (AvgIpc) is 2.84. The minimum absolute atomic E-state index is 0.139. The van der Waals surface area contributed by atoms with Crippen LogP contribution in [0.15, 0.2) is 24.3 Å². The first-order chi connectivity index (χ1) is 11.5. The normalized spacial score (nSPS) is 20.1. The molecule has 1 aliphatic rings. The van der Waals surface area contributed by atoms with E-state index in [1.165, 1.54) is 0 Å². The van der Waals surface area contributed by atoms with Crippen molar-refractivity contribution in [2.24, 2.45) is 5.92 Å². The number of esters is 1. The number of benzene rings is 1. The third-order valence-electron chi connectivity index (χ3n) is 4.15. The van der Waals surface area contributed by atoms with Crippen molar-refractivity contribution < 1.29 is 19.1 Å². The molecule has 1 saturated heterocycles. The van der Waals surface area contributed by atoms with Crippen LogP contribution in [0.1, 0.15) is 49.0 Å².